The first kappa shape index (κ1) is 21.8. The zero-order valence-electron chi connectivity index (χ0n) is 17.3. The number of carbonyl (C=O) groups is 1. The van der Waals surface area contributed by atoms with E-state index in [2.05, 4.69) is 20.1 Å². The zero-order valence-corrected chi connectivity index (χ0v) is 17.3. The highest BCUT2D eigenvalue weighted by molar-refractivity contribution is 5.92. The van der Waals surface area contributed by atoms with Crippen molar-refractivity contribution in [3.63, 3.8) is 0 Å². The highest BCUT2D eigenvalue weighted by Crippen LogP contribution is 2.24. The first-order valence-electron chi connectivity index (χ1n) is 9.98. The number of piperazine rings is 1. The minimum absolute atomic E-state index is 0.0664. The highest BCUT2D eigenvalue weighted by Gasteiger charge is 2.26. The fourth-order valence-electron chi connectivity index (χ4n) is 3.30. The number of rotatable bonds is 5. The van der Waals surface area contributed by atoms with Crippen LogP contribution in [0, 0.1) is 5.82 Å². The van der Waals surface area contributed by atoms with Gasteiger partial charge >= 0.3 is 12.5 Å². The summed E-state index contributed by atoms with van der Waals surface area (Å²) < 4.78 is 43.7. The highest BCUT2D eigenvalue weighted by atomic mass is 19.3. The Balaban J connectivity index is 1.54. The van der Waals surface area contributed by atoms with Crippen molar-refractivity contribution in [3.8, 4) is 11.5 Å². The summed E-state index contributed by atoms with van der Waals surface area (Å²) in [6, 6.07) is 8.74. The summed E-state index contributed by atoms with van der Waals surface area (Å²) in [5.41, 5.74) is 1.47. The molecule has 32 heavy (non-hydrogen) atoms. The van der Waals surface area contributed by atoms with Crippen LogP contribution >= 0.6 is 0 Å². The molecule has 2 aromatic heterocycles. The van der Waals surface area contributed by atoms with Gasteiger partial charge in [-0.25, -0.2) is 9.18 Å². The van der Waals surface area contributed by atoms with Crippen LogP contribution in [0.25, 0.3) is 11.5 Å². The monoisotopic (exact) mass is 446 g/mol. The van der Waals surface area contributed by atoms with Crippen LogP contribution in [-0.2, 0) is 6.54 Å². The van der Waals surface area contributed by atoms with Crippen molar-refractivity contribution in [3.05, 3.63) is 60.0 Å². The second-order valence-corrected chi connectivity index (χ2v) is 7.42. The van der Waals surface area contributed by atoms with Crippen LogP contribution in [0.2, 0.25) is 0 Å². The predicted octanol–water partition coefficient (Wildman–Crippen LogP) is 3.58. The standard InChI is InChI=1S/C21H21F3N6O2/c1-28-8-10-29(11-9-28)21(31)30(17-6-3-15(22)4-7-17)13-16-5-2-14(12-25-16)19-26-27-20(32-19)18(23)24/h2-7,12,18H,8-11,13H2,1H3. The molecule has 11 heteroatoms. The number of urea groups is 1. The molecule has 0 bridgehead atoms. The zero-order chi connectivity index (χ0) is 22.7. The number of likely N-dealkylation sites (N-methyl/N-ethyl adjacent to an activating group) is 1. The number of alkyl halides is 2. The molecule has 0 N–H and O–H groups in total. The largest absolute Gasteiger partial charge is 0.415 e. The molecule has 4 rings (SSSR count). The molecular weight excluding hydrogens is 425 g/mol. The number of halogens is 3. The number of anilines is 1. The van der Waals surface area contributed by atoms with Crippen LogP contribution in [0.1, 0.15) is 18.0 Å². The third-order valence-electron chi connectivity index (χ3n) is 5.16. The lowest BCUT2D eigenvalue weighted by atomic mass is 10.2. The van der Waals surface area contributed by atoms with Gasteiger partial charge < -0.3 is 14.2 Å². The van der Waals surface area contributed by atoms with Gasteiger partial charge in [-0.3, -0.25) is 9.88 Å². The van der Waals surface area contributed by atoms with Gasteiger partial charge in [0.05, 0.1) is 17.8 Å². The normalized spacial score (nSPS) is 14.7. The topological polar surface area (TPSA) is 78.6 Å². The minimum Gasteiger partial charge on any atom is -0.415 e. The lowest BCUT2D eigenvalue weighted by Gasteiger charge is -2.36. The van der Waals surface area contributed by atoms with Crippen LogP contribution in [0.5, 0.6) is 0 Å². The number of carbonyl (C=O) groups excluding carboxylic acids is 1. The molecule has 1 aromatic carbocycles. The molecule has 2 amide bonds. The number of amides is 2. The molecule has 0 aliphatic carbocycles. The Bertz CT molecular complexity index is 1050. The number of hydrogen-bond acceptors (Lipinski definition) is 6. The second kappa shape index (κ2) is 9.35. The predicted molar refractivity (Wildman–Crippen MR) is 110 cm³/mol. The Morgan fingerprint density at radius 3 is 2.41 bits per heavy atom. The van der Waals surface area contributed by atoms with E-state index in [1.807, 2.05) is 7.05 Å². The second-order valence-electron chi connectivity index (χ2n) is 7.42. The minimum atomic E-state index is -2.85. The van der Waals surface area contributed by atoms with Crippen molar-refractivity contribution in [1.29, 1.82) is 0 Å². The van der Waals surface area contributed by atoms with Crippen LogP contribution in [0.15, 0.2) is 47.0 Å². The van der Waals surface area contributed by atoms with Gasteiger partial charge in [-0.05, 0) is 43.4 Å². The Kier molecular flexibility index (Phi) is 6.35. The van der Waals surface area contributed by atoms with Gasteiger partial charge in [0.25, 0.3) is 5.89 Å². The summed E-state index contributed by atoms with van der Waals surface area (Å²) in [7, 11) is 2.00. The summed E-state index contributed by atoms with van der Waals surface area (Å²) in [4.78, 5) is 23.0. The number of benzene rings is 1. The van der Waals surface area contributed by atoms with E-state index in [1.165, 1.54) is 23.2 Å². The maximum Gasteiger partial charge on any atom is 0.324 e. The molecule has 168 valence electrons. The van der Waals surface area contributed by atoms with E-state index in [9.17, 15) is 18.0 Å². The summed E-state index contributed by atoms with van der Waals surface area (Å²) in [5.74, 6) is -1.22. The molecule has 8 nitrogen and oxygen atoms in total. The van der Waals surface area contributed by atoms with Crippen molar-refractivity contribution < 1.29 is 22.4 Å². The molecule has 1 fully saturated rings. The molecular formula is C21H21F3N6O2. The third kappa shape index (κ3) is 4.88. The number of pyridine rings is 1. The fourth-order valence-corrected chi connectivity index (χ4v) is 3.30. The average Bonchev–Trinajstić information content (AvgIpc) is 3.29. The Labute approximate surface area is 182 Å². The number of nitrogens with zero attached hydrogens (tertiary/aromatic N) is 6. The van der Waals surface area contributed by atoms with Gasteiger partial charge in [0.1, 0.15) is 5.82 Å². The van der Waals surface area contributed by atoms with Crippen LogP contribution in [0.4, 0.5) is 23.7 Å². The number of aromatic nitrogens is 3. The Morgan fingerprint density at radius 1 is 1.09 bits per heavy atom. The number of hydrogen-bond donors (Lipinski definition) is 0. The molecule has 1 saturated heterocycles. The van der Waals surface area contributed by atoms with E-state index in [-0.39, 0.29) is 18.5 Å². The van der Waals surface area contributed by atoms with Crippen LogP contribution < -0.4 is 4.90 Å². The summed E-state index contributed by atoms with van der Waals surface area (Å²) in [5, 5.41) is 6.91. The average molecular weight is 446 g/mol. The SMILES string of the molecule is CN1CCN(C(=O)N(Cc2ccc(-c3nnc(C(F)F)o3)cn2)c2ccc(F)cc2)CC1. The van der Waals surface area contributed by atoms with Gasteiger partial charge in [0.2, 0.25) is 5.89 Å². The van der Waals surface area contributed by atoms with E-state index in [0.29, 0.717) is 30.0 Å². The molecule has 0 spiro atoms. The summed E-state index contributed by atoms with van der Waals surface area (Å²) >= 11 is 0. The molecule has 1 aliphatic rings. The maximum absolute atomic E-state index is 13.4. The third-order valence-corrected chi connectivity index (χ3v) is 5.16. The van der Waals surface area contributed by atoms with Gasteiger partial charge in [0.15, 0.2) is 0 Å². The van der Waals surface area contributed by atoms with Crippen molar-refractivity contribution in [2.24, 2.45) is 0 Å². The van der Waals surface area contributed by atoms with Gasteiger partial charge in [-0.2, -0.15) is 8.78 Å². The molecule has 1 aliphatic heterocycles. The first-order chi connectivity index (χ1) is 15.4. The van der Waals surface area contributed by atoms with Crippen molar-refractivity contribution in [1.82, 2.24) is 25.0 Å². The summed E-state index contributed by atoms with van der Waals surface area (Å²) in [6.45, 7) is 2.84. The lowest BCUT2D eigenvalue weighted by molar-refractivity contribution is 0.116. The van der Waals surface area contributed by atoms with E-state index in [4.69, 9.17) is 4.42 Å². The van der Waals surface area contributed by atoms with Gasteiger partial charge in [0, 0.05) is 38.1 Å². The summed E-state index contributed by atoms with van der Waals surface area (Å²) in [6.07, 6.45) is -1.44. The molecule has 0 saturated carbocycles. The molecule has 3 heterocycles. The van der Waals surface area contributed by atoms with Gasteiger partial charge in [-0.1, -0.05) is 0 Å². The smallest absolute Gasteiger partial charge is 0.324 e. The molecule has 3 aromatic rings. The maximum atomic E-state index is 13.4. The van der Waals surface area contributed by atoms with Crippen LogP contribution in [-0.4, -0.2) is 64.2 Å². The quantitative estimate of drug-likeness (QED) is 0.596. The Hall–Kier alpha value is -3.47. The van der Waals surface area contributed by atoms with E-state index >= 15 is 0 Å². The molecule has 0 unspecified atom stereocenters. The molecule has 0 radical (unpaired) electrons. The van der Waals surface area contributed by atoms with E-state index < -0.39 is 18.1 Å². The molecule has 0 atom stereocenters. The van der Waals surface area contributed by atoms with Crippen molar-refractivity contribution in [2.75, 3.05) is 38.1 Å². The Morgan fingerprint density at radius 2 is 1.81 bits per heavy atom. The lowest BCUT2D eigenvalue weighted by Crippen LogP contribution is -2.52. The van der Waals surface area contributed by atoms with Gasteiger partial charge in [-0.15, -0.1) is 10.2 Å². The fraction of sp³-hybridized carbons (Fsp3) is 0.333. The van der Waals surface area contributed by atoms with E-state index in [0.717, 1.165) is 13.1 Å². The van der Waals surface area contributed by atoms with Crippen molar-refractivity contribution >= 4 is 11.7 Å². The van der Waals surface area contributed by atoms with E-state index in [1.54, 1.807) is 29.2 Å². The first-order valence-corrected chi connectivity index (χ1v) is 9.98. The van der Waals surface area contributed by atoms with Crippen molar-refractivity contribution in [2.45, 2.75) is 13.0 Å². The van der Waals surface area contributed by atoms with Crippen LogP contribution in [0.3, 0.4) is 0 Å².